The van der Waals surface area contributed by atoms with Crippen LogP contribution in [-0.2, 0) is 6.42 Å². The van der Waals surface area contributed by atoms with E-state index in [1.54, 1.807) is 0 Å². The van der Waals surface area contributed by atoms with Gasteiger partial charge in [-0.3, -0.25) is 4.40 Å². The van der Waals surface area contributed by atoms with Crippen molar-refractivity contribution in [1.82, 2.24) is 9.38 Å². The van der Waals surface area contributed by atoms with Gasteiger partial charge >= 0.3 is 0 Å². The second-order valence-electron chi connectivity index (χ2n) is 6.63. The van der Waals surface area contributed by atoms with Gasteiger partial charge in [0.1, 0.15) is 11.5 Å². The van der Waals surface area contributed by atoms with E-state index in [-0.39, 0.29) is 0 Å². The molecule has 1 aliphatic carbocycles. The van der Waals surface area contributed by atoms with Crippen molar-refractivity contribution in [3.63, 3.8) is 0 Å². The van der Waals surface area contributed by atoms with Crippen molar-refractivity contribution in [1.29, 1.82) is 0 Å². The Morgan fingerprint density at radius 1 is 1.14 bits per heavy atom. The number of fused-ring (bicyclic) bond motifs is 1. The van der Waals surface area contributed by atoms with Gasteiger partial charge in [-0.2, -0.15) is 0 Å². The van der Waals surface area contributed by atoms with Crippen LogP contribution in [0.15, 0.2) is 24.4 Å². The number of aromatic nitrogens is 2. The summed E-state index contributed by atoms with van der Waals surface area (Å²) < 4.78 is 2.24. The van der Waals surface area contributed by atoms with Gasteiger partial charge in [0.25, 0.3) is 0 Å². The maximum absolute atomic E-state index is 4.88. The summed E-state index contributed by atoms with van der Waals surface area (Å²) in [5, 5.41) is 3.81. The summed E-state index contributed by atoms with van der Waals surface area (Å²) in [6.07, 6.45) is 15.1. The molecular weight excluding hydrogens is 270 g/mol. The minimum Gasteiger partial charge on any atom is -0.367 e. The molecule has 0 aliphatic heterocycles. The monoisotopic (exact) mass is 299 g/mol. The second kappa shape index (κ2) is 7.66. The van der Waals surface area contributed by atoms with Crippen LogP contribution in [0.3, 0.4) is 0 Å². The van der Waals surface area contributed by atoms with Crippen molar-refractivity contribution >= 4 is 11.5 Å². The molecular formula is C19H29N3. The van der Waals surface area contributed by atoms with Crippen LogP contribution in [0.2, 0.25) is 0 Å². The standard InChI is InChI=1S/C19H29N3/c1-2-3-4-8-13-17-19(20-16-11-6-5-7-12-16)22-15-10-9-14-18(22)21-17/h9-10,14-16,20H,2-8,11-13H2,1H3. The molecule has 2 aromatic rings. The molecule has 0 saturated heterocycles. The highest BCUT2D eigenvalue weighted by Crippen LogP contribution is 2.26. The minimum atomic E-state index is 0.628. The smallest absolute Gasteiger partial charge is 0.138 e. The van der Waals surface area contributed by atoms with Crippen molar-refractivity contribution in [2.45, 2.75) is 77.2 Å². The quantitative estimate of drug-likeness (QED) is 0.712. The molecule has 0 unspecified atom stereocenters. The summed E-state index contributed by atoms with van der Waals surface area (Å²) in [6.45, 7) is 2.26. The average molecular weight is 299 g/mol. The molecule has 0 spiro atoms. The SMILES string of the molecule is CCCCCCc1nc2ccccn2c1NC1CCCCC1. The fourth-order valence-electron chi connectivity index (χ4n) is 3.53. The summed E-state index contributed by atoms with van der Waals surface area (Å²) >= 11 is 0. The first-order valence-corrected chi connectivity index (χ1v) is 9.11. The summed E-state index contributed by atoms with van der Waals surface area (Å²) in [7, 11) is 0. The van der Waals surface area contributed by atoms with E-state index >= 15 is 0 Å². The van der Waals surface area contributed by atoms with Gasteiger partial charge in [-0.1, -0.05) is 51.5 Å². The Morgan fingerprint density at radius 2 is 2.00 bits per heavy atom. The first-order valence-electron chi connectivity index (χ1n) is 9.11. The first kappa shape index (κ1) is 15.4. The van der Waals surface area contributed by atoms with Gasteiger partial charge in [0.2, 0.25) is 0 Å². The number of hydrogen-bond donors (Lipinski definition) is 1. The highest BCUT2D eigenvalue weighted by Gasteiger charge is 2.18. The van der Waals surface area contributed by atoms with E-state index in [1.807, 2.05) is 0 Å². The lowest BCUT2D eigenvalue weighted by molar-refractivity contribution is 0.461. The Hall–Kier alpha value is -1.51. The molecule has 22 heavy (non-hydrogen) atoms. The number of aryl methyl sites for hydroxylation is 1. The van der Waals surface area contributed by atoms with E-state index in [0.29, 0.717) is 6.04 Å². The van der Waals surface area contributed by atoms with Gasteiger partial charge in [0.15, 0.2) is 0 Å². The normalized spacial score (nSPS) is 16.2. The van der Waals surface area contributed by atoms with Crippen LogP contribution in [0.4, 0.5) is 5.82 Å². The third-order valence-electron chi connectivity index (χ3n) is 4.82. The molecule has 0 atom stereocenters. The molecule has 0 amide bonds. The third kappa shape index (κ3) is 3.63. The predicted octanol–water partition coefficient (Wildman–Crippen LogP) is 5.20. The van der Waals surface area contributed by atoms with Crippen LogP contribution in [-0.4, -0.2) is 15.4 Å². The topological polar surface area (TPSA) is 29.3 Å². The molecule has 2 aromatic heterocycles. The molecule has 1 fully saturated rings. The molecule has 2 heterocycles. The number of nitrogens with one attached hydrogen (secondary N) is 1. The lowest BCUT2D eigenvalue weighted by Crippen LogP contribution is -2.23. The average Bonchev–Trinajstić information content (AvgIpc) is 2.91. The van der Waals surface area contributed by atoms with Crippen molar-refractivity contribution < 1.29 is 0 Å². The largest absolute Gasteiger partial charge is 0.367 e. The number of nitrogens with zero attached hydrogens (tertiary/aromatic N) is 2. The van der Waals surface area contributed by atoms with Gasteiger partial charge in [-0.25, -0.2) is 4.98 Å². The third-order valence-corrected chi connectivity index (χ3v) is 4.82. The molecule has 120 valence electrons. The van der Waals surface area contributed by atoms with E-state index in [9.17, 15) is 0 Å². The molecule has 3 rings (SSSR count). The summed E-state index contributed by atoms with van der Waals surface area (Å²) in [5.74, 6) is 1.25. The van der Waals surface area contributed by atoms with Crippen LogP contribution in [0.5, 0.6) is 0 Å². The maximum atomic E-state index is 4.88. The lowest BCUT2D eigenvalue weighted by atomic mass is 9.95. The second-order valence-corrected chi connectivity index (χ2v) is 6.63. The van der Waals surface area contributed by atoms with Gasteiger partial charge in [0.05, 0.1) is 5.69 Å². The van der Waals surface area contributed by atoms with Gasteiger partial charge in [0, 0.05) is 12.2 Å². The van der Waals surface area contributed by atoms with E-state index in [0.717, 1.165) is 12.1 Å². The van der Waals surface area contributed by atoms with Crippen molar-refractivity contribution in [3.8, 4) is 0 Å². The van der Waals surface area contributed by atoms with Gasteiger partial charge < -0.3 is 5.32 Å². The van der Waals surface area contributed by atoms with Crippen LogP contribution in [0.1, 0.15) is 70.4 Å². The molecule has 3 nitrogen and oxygen atoms in total. The van der Waals surface area contributed by atoms with Crippen LogP contribution in [0, 0.1) is 0 Å². The van der Waals surface area contributed by atoms with Crippen molar-refractivity contribution in [3.05, 3.63) is 30.1 Å². The van der Waals surface area contributed by atoms with E-state index < -0.39 is 0 Å². The van der Waals surface area contributed by atoms with E-state index in [2.05, 4.69) is 41.0 Å². The highest BCUT2D eigenvalue weighted by molar-refractivity contribution is 5.55. The number of imidazole rings is 1. The molecule has 0 radical (unpaired) electrons. The Balaban J connectivity index is 1.77. The Morgan fingerprint density at radius 3 is 2.82 bits per heavy atom. The number of rotatable bonds is 7. The predicted molar refractivity (Wildman–Crippen MR) is 93.5 cm³/mol. The molecule has 1 aliphatic rings. The van der Waals surface area contributed by atoms with Crippen LogP contribution < -0.4 is 5.32 Å². The summed E-state index contributed by atoms with van der Waals surface area (Å²) in [4.78, 5) is 4.88. The van der Waals surface area contributed by atoms with Crippen molar-refractivity contribution in [2.24, 2.45) is 0 Å². The molecule has 0 bridgehead atoms. The number of hydrogen-bond acceptors (Lipinski definition) is 2. The Labute approximate surface area is 134 Å². The number of pyridine rings is 1. The van der Waals surface area contributed by atoms with E-state index in [1.165, 1.54) is 69.3 Å². The van der Waals surface area contributed by atoms with Gasteiger partial charge in [-0.05, 0) is 37.8 Å². The fourth-order valence-corrected chi connectivity index (χ4v) is 3.53. The Kier molecular flexibility index (Phi) is 5.36. The zero-order valence-electron chi connectivity index (χ0n) is 13.9. The molecule has 0 aromatic carbocycles. The molecule has 3 heteroatoms. The van der Waals surface area contributed by atoms with Crippen LogP contribution >= 0.6 is 0 Å². The Bertz CT molecular complexity index is 581. The lowest BCUT2D eigenvalue weighted by Gasteiger charge is -2.24. The molecule has 1 N–H and O–H groups in total. The van der Waals surface area contributed by atoms with Gasteiger partial charge in [-0.15, -0.1) is 0 Å². The molecule has 1 saturated carbocycles. The summed E-state index contributed by atoms with van der Waals surface area (Å²) in [6, 6.07) is 6.92. The number of unbranched alkanes of at least 4 members (excludes halogenated alkanes) is 3. The zero-order valence-corrected chi connectivity index (χ0v) is 13.9. The van der Waals surface area contributed by atoms with Crippen LogP contribution in [0.25, 0.3) is 5.65 Å². The first-order chi connectivity index (χ1) is 10.9. The zero-order chi connectivity index (χ0) is 15.2. The maximum Gasteiger partial charge on any atom is 0.138 e. The van der Waals surface area contributed by atoms with E-state index in [4.69, 9.17) is 4.98 Å². The summed E-state index contributed by atoms with van der Waals surface area (Å²) in [5.41, 5.74) is 2.33. The minimum absolute atomic E-state index is 0.628. The highest BCUT2D eigenvalue weighted by atomic mass is 15.1. The number of anilines is 1. The van der Waals surface area contributed by atoms with Crippen molar-refractivity contribution in [2.75, 3.05) is 5.32 Å². The fraction of sp³-hybridized carbons (Fsp3) is 0.632.